The molecule has 25 heavy (non-hydrogen) atoms. The van der Waals surface area contributed by atoms with Crippen molar-refractivity contribution in [2.24, 2.45) is 0 Å². The van der Waals surface area contributed by atoms with Crippen LogP contribution in [0.25, 0.3) is 0 Å². The first-order valence-corrected chi connectivity index (χ1v) is 10.1. The van der Waals surface area contributed by atoms with Gasteiger partial charge in [-0.2, -0.15) is 4.31 Å². The van der Waals surface area contributed by atoms with Gasteiger partial charge in [0, 0.05) is 11.6 Å². The first kappa shape index (κ1) is 20.0. The average molecular weight is 422 g/mol. The highest BCUT2D eigenvalue weighted by Gasteiger charge is 2.21. The van der Waals surface area contributed by atoms with Crippen molar-refractivity contribution in [3.05, 3.63) is 63.1 Å². The zero-order valence-corrected chi connectivity index (χ0v) is 16.3. The molecule has 0 unspecified atom stereocenters. The van der Waals surface area contributed by atoms with Crippen LogP contribution in [-0.2, 0) is 21.4 Å². The van der Waals surface area contributed by atoms with Crippen molar-refractivity contribution in [3.8, 4) is 0 Å². The molecule has 0 saturated carbocycles. The van der Waals surface area contributed by atoms with E-state index < -0.39 is 15.9 Å². The number of anilines is 1. The molecule has 134 valence electrons. The van der Waals surface area contributed by atoms with Crippen molar-refractivity contribution < 1.29 is 13.2 Å². The fourth-order valence-corrected chi connectivity index (χ4v) is 3.39. The lowest BCUT2D eigenvalue weighted by atomic mass is 10.2. The zero-order chi connectivity index (χ0) is 18.6. The third-order valence-corrected chi connectivity index (χ3v) is 5.37. The molecule has 9 heteroatoms. The molecule has 0 atom stereocenters. The number of amides is 1. The molecule has 1 amide bonds. The van der Waals surface area contributed by atoms with E-state index in [9.17, 15) is 13.2 Å². The maximum Gasteiger partial charge on any atom is 0.239 e. The predicted molar refractivity (Wildman–Crippen MR) is 102 cm³/mol. The van der Waals surface area contributed by atoms with Crippen molar-refractivity contribution in [2.45, 2.75) is 6.54 Å². The van der Waals surface area contributed by atoms with Crippen LogP contribution in [0.4, 0.5) is 5.69 Å². The summed E-state index contributed by atoms with van der Waals surface area (Å²) in [5.41, 5.74) is 0.953. The standard InChI is InChI=1S/C16H15Cl3N2O3S/c1-25(23,24)21(9-11-5-7-12(17)8-6-11)10-15(22)20-16-13(18)3-2-4-14(16)19/h2-8H,9-10H2,1H3,(H,20,22). The summed E-state index contributed by atoms with van der Waals surface area (Å²) in [6.45, 7) is -0.331. The van der Waals surface area contributed by atoms with E-state index >= 15 is 0 Å². The monoisotopic (exact) mass is 420 g/mol. The van der Waals surface area contributed by atoms with Crippen LogP contribution in [0.5, 0.6) is 0 Å². The summed E-state index contributed by atoms with van der Waals surface area (Å²) < 4.78 is 25.0. The normalized spacial score (nSPS) is 11.6. The van der Waals surface area contributed by atoms with E-state index in [0.29, 0.717) is 10.6 Å². The SMILES string of the molecule is CS(=O)(=O)N(CC(=O)Nc1c(Cl)cccc1Cl)Cc1ccc(Cl)cc1. The molecule has 5 nitrogen and oxygen atoms in total. The second kappa shape index (κ2) is 8.38. The number of hydrogen-bond donors (Lipinski definition) is 1. The minimum Gasteiger partial charge on any atom is -0.322 e. The molecule has 2 aromatic carbocycles. The smallest absolute Gasteiger partial charge is 0.239 e. The second-order valence-corrected chi connectivity index (χ2v) is 8.54. The molecule has 0 radical (unpaired) electrons. The minimum atomic E-state index is -3.61. The molecule has 0 aliphatic carbocycles. The number of nitrogens with zero attached hydrogens (tertiary/aromatic N) is 1. The van der Waals surface area contributed by atoms with Gasteiger partial charge in [-0.3, -0.25) is 4.79 Å². The van der Waals surface area contributed by atoms with Crippen molar-refractivity contribution >= 4 is 56.4 Å². The Bertz CT molecular complexity index is 850. The van der Waals surface area contributed by atoms with Crippen molar-refractivity contribution in [1.82, 2.24) is 4.31 Å². The topological polar surface area (TPSA) is 66.5 Å². The van der Waals surface area contributed by atoms with Gasteiger partial charge in [0.1, 0.15) is 0 Å². The maximum absolute atomic E-state index is 12.3. The summed E-state index contributed by atoms with van der Waals surface area (Å²) in [6, 6.07) is 11.5. The third kappa shape index (κ3) is 5.87. The number of benzene rings is 2. The highest BCUT2D eigenvalue weighted by molar-refractivity contribution is 7.88. The van der Waals surface area contributed by atoms with Crippen LogP contribution in [0.2, 0.25) is 15.1 Å². The van der Waals surface area contributed by atoms with Crippen LogP contribution < -0.4 is 5.32 Å². The van der Waals surface area contributed by atoms with E-state index in [1.807, 2.05) is 0 Å². The second-order valence-electron chi connectivity index (χ2n) is 5.30. The van der Waals surface area contributed by atoms with Crippen LogP contribution in [0.1, 0.15) is 5.56 Å². The third-order valence-electron chi connectivity index (χ3n) is 3.29. The number of sulfonamides is 1. The average Bonchev–Trinajstić information content (AvgIpc) is 2.51. The number of carbonyl (C=O) groups is 1. The highest BCUT2D eigenvalue weighted by Crippen LogP contribution is 2.29. The maximum atomic E-state index is 12.3. The van der Waals surface area contributed by atoms with Gasteiger partial charge in [-0.05, 0) is 29.8 Å². The summed E-state index contributed by atoms with van der Waals surface area (Å²) in [4.78, 5) is 12.3. The number of rotatable bonds is 6. The van der Waals surface area contributed by atoms with E-state index in [-0.39, 0.29) is 28.8 Å². The Morgan fingerprint density at radius 1 is 1.04 bits per heavy atom. The van der Waals surface area contributed by atoms with Crippen molar-refractivity contribution in [3.63, 3.8) is 0 Å². The summed E-state index contributed by atoms with van der Waals surface area (Å²) in [6.07, 6.45) is 1.04. The molecule has 0 aliphatic rings. The molecule has 0 bridgehead atoms. The van der Waals surface area contributed by atoms with Crippen molar-refractivity contribution in [2.75, 3.05) is 18.1 Å². The molecule has 0 spiro atoms. The quantitative estimate of drug-likeness (QED) is 0.765. The van der Waals surface area contributed by atoms with Crippen LogP contribution in [0.3, 0.4) is 0 Å². The van der Waals surface area contributed by atoms with E-state index in [2.05, 4.69) is 5.32 Å². The molecule has 2 rings (SSSR count). The lowest BCUT2D eigenvalue weighted by Gasteiger charge is -2.20. The van der Waals surface area contributed by atoms with E-state index in [1.54, 1.807) is 42.5 Å². The lowest BCUT2D eigenvalue weighted by Crippen LogP contribution is -2.37. The Balaban J connectivity index is 2.14. The molecular weight excluding hydrogens is 407 g/mol. The van der Waals surface area contributed by atoms with Crippen LogP contribution in [-0.4, -0.2) is 31.4 Å². The minimum absolute atomic E-state index is 0.0413. The molecule has 0 aliphatic heterocycles. The molecule has 0 fully saturated rings. The summed E-state index contributed by atoms with van der Waals surface area (Å²) in [5.74, 6) is -0.547. The van der Waals surface area contributed by atoms with Gasteiger partial charge < -0.3 is 5.32 Å². The molecule has 0 heterocycles. The van der Waals surface area contributed by atoms with Gasteiger partial charge in [-0.15, -0.1) is 0 Å². The number of nitrogens with one attached hydrogen (secondary N) is 1. The largest absolute Gasteiger partial charge is 0.322 e. The van der Waals surface area contributed by atoms with Gasteiger partial charge in [0.25, 0.3) is 0 Å². The van der Waals surface area contributed by atoms with Crippen LogP contribution >= 0.6 is 34.8 Å². The molecule has 2 aromatic rings. The summed E-state index contributed by atoms with van der Waals surface area (Å²) in [5, 5.41) is 3.62. The number of para-hydroxylation sites is 1. The highest BCUT2D eigenvalue weighted by atomic mass is 35.5. The Labute approximate surface area is 161 Å². The number of carbonyl (C=O) groups excluding carboxylic acids is 1. The van der Waals surface area contributed by atoms with Gasteiger partial charge >= 0.3 is 0 Å². The first-order chi connectivity index (χ1) is 11.7. The molecular formula is C16H15Cl3N2O3S. The Morgan fingerprint density at radius 2 is 1.60 bits per heavy atom. The first-order valence-electron chi connectivity index (χ1n) is 7.10. The molecule has 1 N–H and O–H groups in total. The van der Waals surface area contributed by atoms with Crippen molar-refractivity contribution in [1.29, 1.82) is 0 Å². The summed E-state index contributed by atoms with van der Waals surface area (Å²) >= 11 is 17.8. The van der Waals surface area contributed by atoms with E-state index in [0.717, 1.165) is 10.6 Å². The predicted octanol–water partition coefficient (Wildman–Crippen LogP) is 4.05. The van der Waals surface area contributed by atoms with Gasteiger partial charge in [0.15, 0.2) is 0 Å². The van der Waals surface area contributed by atoms with Gasteiger partial charge in [0.2, 0.25) is 15.9 Å². The van der Waals surface area contributed by atoms with Crippen LogP contribution in [0, 0.1) is 0 Å². The fraction of sp³-hybridized carbons (Fsp3) is 0.188. The molecule has 0 saturated heterocycles. The lowest BCUT2D eigenvalue weighted by molar-refractivity contribution is -0.116. The molecule has 0 aromatic heterocycles. The van der Waals surface area contributed by atoms with E-state index in [1.165, 1.54) is 0 Å². The Morgan fingerprint density at radius 3 is 2.12 bits per heavy atom. The number of hydrogen-bond acceptors (Lipinski definition) is 3. The Kier molecular flexibility index (Phi) is 6.71. The zero-order valence-electron chi connectivity index (χ0n) is 13.2. The van der Waals surface area contributed by atoms with Gasteiger partial charge in [-0.25, -0.2) is 8.42 Å². The van der Waals surface area contributed by atoms with Gasteiger partial charge in [0.05, 0.1) is 28.5 Å². The van der Waals surface area contributed by atoms with Crippen LogP contribution in [0.15, 0.2) is 42.5 Å². The fourth-order valence-electron chi connectivity index (χ4n) is 2.04. The van der Waals surface area contributed by atoms with E-state index in [4.69, 9.17) is 34.8 Å². The Hall–Kier alpha value is -1.31. The summed E-state index contributed by atoms with van der Waals surface area (Å²) in [7, 11) is -3.61. The number of halogens is 3. The van der Waals surface area contributed by atoms with Gasteiger partial charge in [-0.1, -0.05) is 53.0 Å².